The Labute approximate surface area is 105 Å². The van der Waals surface area contributed by atoms with Gasteiger partial charge in [0.15, 0.2) is 0 Å². The Kier molecular flexibility index (Phi) is 3.47. The monoisotopic (exact) mass is 283 g/mol. The molecular weight excluding hydrogens is 266 g/mol. The Bertz CT molecular complexity index is 381. The van der Waals surface area contributed by atoms with Crippen LogP contribution in [0.15, 0.2) is 10.7 Å². The Hall–Kier alpha value is -0.640. The summed E-state index contributed by atoms with van der Waals surface area (Å²) in [7, 11) is 0. The molecule has 1 aromatic rings. The third-order valence-electron chi connectivity index (χ3n) is 3.12. The fraction of sp³-hybridized carbons (Fsp3) is 0.667. The second-order valence-electron chi connectivity index (χ2n) is 4.66. The van der Waals surface area contributed by atoms with Gasteiger partial charge in [0, 0.05) is 25.1 Å². The van der Waals surface area contributed by atoms with Crippen molar-refractivity contribution in [2.75, 3.05) is 11.4 Å². The zero-order chi connectivity index (χ0) is 11.7. The first kappa shape index (κ1) is 11.8. The first-order valence-corrected chi connectivity index (χ1v) is 6.69. The molecule has 1 aliphatic heterocycles. The highest BCUT2D eigenvalue weighted by atomic mass is 79.9. The zero-order valence-electron chi connectivity index (χ0n) is 10.1. The summed E-state index contributed by atoms with van der Waals surface area (Å²) in [5, 5.41) is 0. The minimum atomic E-state index is 0.585. The molecule has 2 rings (SSSR count). The first-order valence-electron chi connectivity index (χ1n) is 5.90. The number of aromatic nitrogens is 2. The maximum Gasteiger partial charge on any atom is 0.133 e. The molecule has 0 aliphatic carbocycles. The first-order chi connectivity index (χ1) is 7.60. The van der Waals surface area contributed by atoms with Crippen molar-refractivity contribution in [1.82, 2.24) is 9.97 Å². The van der Waals surface area contributed by atoms with E-state index in [-0.39, 0.29) is 0 Å². The fourth-order valence-corrected chi connectivity index (χ4v) is 2.79. The molecule has 0 bridgehead atoms. The van der Waals surface area contributed by atoms with Crippen LogP contribution in [0.25, 0.3) is 0 Å². The average molecular weight is 284 g/mol. The van der Waals surface area contributed by atoms with E-state index in [1.807, 2.05) is 6.07 Å². The van der Waals surface area contributed by atoms with Crippen molar-refractivity contribution in [3.8, 4) is 0 Å². The maximum atomic E-state index is 4.60. The third kappa shape index (κ3) is 2.37. The molecule has 2 heterocycles. The third-order valence-corrected chi connectivity index (χ3v) is 3.53. The standard InChI is InChI=1S/C12H18BrN3/c1-4-11-14-10(13)6-12(15-11)16-7-8(2)5-9(16)3/h6,8-9H,4-5,7H2,1-3H3. The topological polar surface area (TPSA) is 29.0 Å². The predicted octanol–water partition coefficient (Wildman–Crippen LogP) is 3.04. The average Bonchev–Trinajstić information content (AvgIpc) is 2.57. The molecule has 3 nitrogen and oxygen atoms in total. The smallest absolute Gasteiger partial charge is 0.133 e. The van der Waals surface area contributed by atoms with Crippen molar-refractivity contribution in [3.05, 3.63) is 16.5 Å². The van der Waals surface area contributed by atoms with Crippen LogP contribution in [0.1, 0.15) is 33.0 Å². The van der Waals surface area contributed by atoms with Gasteiger partial charge in [-0.2, -0.15) is 0 Å². The van der Waals surface area contributed by atoms with Gasteiger partial charge in [-0.1, -0.05) is 13.8 Å². The molecule has 16 heavy (non-hydrogen) atoms. The van der Waals surface area contributed by atoms with Gasteiger partial charge in [0.2, 0.25) is 0 Å². The summed E-state index contributed by atoms with van der Waals surface area (Å²) >= 11 is 3.46. The van der Waals surface area contributed by atoms with E-state index in [0.717, 1.165) is 35.1 Å². The summed E-state index contributed by atoms with van der Waals surface area (Å²) in [6.45, 7) is 7.76. The van der Waals surface area contributed by atoms with E-state index >= 15 is 0 Å². The molecule has 2 unspecified atom stereocenters. The van der Waals surface area contributed by atoms with Gasteiger partial charge in [0.1, 0.15) is 16.2 Å². The van der Waals surface area contributed by atoms with E-state index in [0.29, 0.717) is 6.04 Å². The molecular formula is C12H18BrN3. The van der Waals surface area contributed by atoms with E-state index in [1.165, 1.54) is 6.42 Å². The highest BCUT2D eigenvalue weighted by Gasteiger charge is 2.27. The lowest BCUT2D eigenvalue weighted by Crippen LogP contribution is -2.28. The van der Waals surface area contributed by atoms with Crippen LogP contribution in [0.2, 0.25) is 0 Å². The summed E-state index contributed by atoms with van der Waals surface area (Å²) in [4.78, 5) is 11.3. The second kappa shape index (κ2) is 4.70. The number of hydrogen-bond donors (Lipinski definition) is 0. The van der Waals surface area contributed by atoms with Gasteiger partial charge < -0.3 is 4.90 Å². The molecule has 0 amide bonds. The van der Waals surface area contributed by atoms with E-state index in [2.05, 4.69) is 51.6 Å². The van der Waals surface area contributed by atoms with E-state index in [4.69, 9.17) is 0 Å². The van der Waals surface area contributed by atoms with Crippen LogP contribution in [0.4, 0.5) is 5.82 Å². The number of aryl methyl sites for hydroxylation is 1. The van der Waals surface area contributed by atoms with Crippen molar-refractivity contribution >= 4 is 21.7 Å². The number of nitrogens with zero attached hydrogens (tertiary/aromatic N) is 3. The van der Waals surface area contributed by atoms with Crippen molar-refractivity contribution in [1.29, 1.82) is 0 Å². The van der Waals surface area contributed by atoms with Gasteiger partial charge in [-0.15, -0.1) is 0 Å². The van der Waals surface area contributed by atoms with Crippen LogP contribution < -0.4 is 4.90 Å². The van der Waals surface area contributed by atoms with Gasteiger partial charge in [-0.3, -0.25) is 0 Å². The molecule has 0 spiro atoms. The van der Waals surface area contributed by atoms with Gasteiger partial charge in [-0.25, -0.2) is 9.97 Å². The summed E-state index contributed by atoms with van der Waals surface area (Å²) in [5.74, 6) is 2.74. The number of anilines is 1. The molecule has 88 valence electrons. The van der Waals surface area contributed by atoms with Crippen LogP contribution in [0.5, 0.6) is 0 Å². The normalized spacial score (nSPS) is 25.1. The lowest BCUT2D eigenvalue weighted by atomic mass is 10.1. The summed E-state index contributed by atoms with van der Waals surface area (Å²) in [6.07, 6.45) is 2.13. The minimum absolute atomic E-state index is 0.585. The summed E-state index contributed by atoms with van der Waals surface area (Å²) < 4.78 is 0.890. The summed E-state index contributed by atoms with van der Waals surface area (Å²) in [5.41, 5.74) is 0. The SMILES string of the molecule is CCc1nc(Br)cc(N2CC(C)CC2C)n1. The van der Waals surface area contributed by atoms with E-state index in [9.17, 15) is 0 Å². The molecule has 2 atom stereocenters. The highest BCUT2D eigenvalue weighted by molar-refractivity contribution is 9.10. The van der Waals surface area contributed by atoms with Crippen LogP contribution in [0.3, 0.4) is 0 Å². The largest absolute Gasteiger partial charge is 0.353 e. The molecule has 0 radical (unpaired) electrons. The lowest BCUT2D eigenvalue weighted by molar-refractivity contribution is 0.625. The van der Waals surface area contributed by atoms with Crippen molar-refractivity contribution in [2.45, 2.75) is 39.7 Å². The van der Waals surface area contributed by atoms with Crippen LogP contribution in [-0.4, -0.2) is 22.6 Å². The molecule has 1 aromatic heterocycles. The lowest BCUT2D eigenvalue weighted by Gasteiger charge is -2.23. The van der Waals surface area contributed by atoms with Crippen molar-refractivity contribution < 1.29 is 0 Å². The van der Waals surface area contributed by atoms with Gasteiger partial charge in [-0.05, 0) is 35.2 Å². The molecule has 0 N–H and O–H groups in total. The maximum absolute atomic E-state index is 4.60. The second-order valence-corrected chi connectivity index (χ2v) is 5.47. The zero-order valence-corrected chi connectivity index (χ0v) is 11.7. The Balaban J connectivity index is 2.29. The Morgan fingerprint density at radius 1 is 1.44 bits per heavy atom. The predicted molar refractivity (Wildman–Crippen MR) is 69.7 cm³/mol. The van der Waals surface area contributed by atoms with Gasteiger partial charge in [0.25, 0.3) is 0 Å². The Morgan fingerprint density at radius 2 is 2.19 bits per heavy atom. The summed E-state index contributed by atoms with van der Waals surface area (Å²) in [6, 6.07) is 2.61. The van der Waals surface area contributed by atoms with Crippen LogP contribution in [-0.2, 0) is 6.42 Å². The van der Waals surface area contributed by atoms with Crippen molar-refractivity contribution in [2.24, 2.45) is 5.92 Å². The van der Waals surface area contributed by atoms with Gasteiger partial charge in [0.05, 0.1) is 0 Å². The van der Waals surface area contributed by atoms with Crippen LogP contribution >= 0.6 is 15.9 Å². The highest BCUT2D eigenvalue weighted by Crippen LogP contribution is 2.28. The van der Waals surface area contributed by atoms with Gasteiger partial charge >= 0.3 is 0 Å². The number of rotatable bonds is 2. The molecule has 1 fully saturated rings. The fourth-order valence-electron chi connectivity index (χ4n) is 2.38. The van der Waals surface area contributed by atoms with Crippen LogP contribution in [0, 0.1) is 5.92 Å². The molecule has 0 saturated carbocycles. The van der Waals surface area contributed by atoms with E-state index < -0.39 is 0 Å². The number of hydrogen-bond acceptors (Lipinski definition) is 3. The molecule has 0 aromatic carbocycles. The Morgan fingerprint density at radius 3 is 2.75 bits per heavy atom. The van der Waals surface area contributed by atoms with E-state index in [1.54, 1.807) is 0 Å². The van der Waals surface area contributed by atoms with Crippen molar-refractivity contribution in [3.63, 3.8) is 0 Å². The minimum Gasteiger partial charge on any atom is -0.353 e. The quantitative estimate of drug-likeness (QED) is 0.782. The molecule has 1 saturated heterocycles. The number of halogens is 1. The molecule has 4 heteroatoms. The molecule has 1 aliphatic rings.